The molecule has 0 amide bonds. The number of carbonyl (C=O) groups excluding carboxylic acids is 2. The van der Waals surface area contributed by atoms with Crippen LogP contribution in [0.25, 0.3) is 0 Å². The molecule has 0 bridgehead atoms. The van der Waals surface area contributed by atoms with E-state index in [9.17, 15) is 19.2 Å². The summed E-state index contributed by atoms with van der Waals surface area (Å²) in [6.45, 7) is 2.92. The molecule has 2 aromatic rings. The van der Waals surface area contributed by atoms with Crippen molar-refractivity contribution in [2.45, 2.75) is 44.4 Å². The summed E-state index contributed by atoms with van der Waals surface area (Å²) in [6, 6.07) is 9.13. The third-order valence-corrected chi connectivity index (χ3v) is 5.20. The lowest BCUT2D eigenvalue weighted by atomic mass is 9.84. The molecule has 1 saturated heterocycles. The fourth-order valence-corrected chi connectivity index (χ4v) is 3.40. The number of rotatable bonds is 5. The average Bonchev–Trinajstić information content (AvgIpc) is 2.86. The van der Waals surface area contributed by atoms with E-state index < -0.39 is 53.4 Å². The molecule has 0 unspecified atom stereocenters. The zero-order valence-electron chi connectivity index (χ0n) is 16.6. The first-order valence-electron chi connectivity index (χ1n) is 9.14. The van der Waals surface area contributed by atoms with Gasteiger partial charge in [-0.15, -0.1) is 0 Å². The van der Waals surface area contributed by atoms with E-state index in [4.69, 9.17) is 14.2 Å². The predicted molar refractivity (Wildman–Crippen MR) is 102 cm³/mol. The first-order valence-corrected chi connectivity index (χ1v) is 9.14. The summed E-state index contributed by atoms with van der Waals surface area (Å²) >= 11 is 0. The number of hydrogen-bond acceptors (Lipinski definition) is 7. The standard InChI is InChI=1S/C20H21FN2O7/c1-12(24)30-20(3)14(11-28-16(26)13-7-5-4-6-8-13)29-17(19(20,2)21)23-15(25)9-10-22-18(23)27/h4-10,14,17H,11H2,1-3H3,(H,22,27)/t14-,17+,19+,20-/m1/s1. The number of aromatic amines is 1. The van der Waals surface area contributed by atoms with E-state index in [1.54, 1.807) is 18.2 Å². The minimum atomic E-state index is -2.51. The van der Waals surface area contributed by atoms with E-state index in [2.05, 4.69) is 4.98 Å². The van der Waals surface area contributed by atoms with E-state index in [-0.39, 0.29) is 5.56 Å². The molecule has 1 aliphatic rings. The number of ether oxygens (including phenoxy) is 3. The van der Waals surface area contributed by atoms with Gasteiger partial charge in [-0.2, -0.15) is 0 Å². The number of alkyl halides is 1. The van der Waals surface area contributed by atoms with Crippen LogP contribution >= 0.6 is 0 Å². The zero-order chi connectivity index (χ0) is 22.1. The van der Waals surface area contributed by atoms with Crippen LogP contribution in [0.5, 0.6) is 0 Å². The fourth-order valence-electron chi connectivity index (χ4n) is 3.40. The molecule has 1 aromatic heterocycles. The van der Waals surface area contributed by atoms with Gasteiger partial charge in [-0.3, -0.25) is 9.59 Å². The van der Waals surface area contributed by atoms with Gasteiger partial charge in [0.15, 0.2) is 17.5 Å². The molecule has 1 aliphatic heterocycles. The lowest BCUT2D eigenvalue weighted by Crippen LogP contribution is -2.56. The summed E-state index contributed by atoms with van der Waals surface area (Å²) in [7, 11) is 0. The van der Waals surface area contributed by atoms with Crippen molar-refractivity contribution < 1.29 is 28.2 Å². The lowest BCUT2D eigenvalue weighted by Gasteiger charge is -2.36. The highest BCUT2D eigenvalue weighted by Gasteiger charge is 2.67. The molecule has 2 heterocycles. The highest BCUT2D eigenvalue weighted by molar-refractivity contribution is 5.89. The number of halogens is 1. The molecule has 4 atom stereocenters. The number of nitrogens with zero attached hydrogens (tertiary/aromatic N) is 1. The SMILES string of the molecule is CC(=O)O[C@]1(C)[C@@H](COC(=O)c2ccccc2)O[C@H](n2c(=O)cc[nH]c2=O)[C@]1(C)F. The Morgan fingerprint density at radius 3 is 2.47 bits per heavy atom. The van der Waals surface area contributed by atoms with Crippen LogP contribution in [-0.2, 0) is 19.0 Å². The largest absolute Gasteiger partial charge is 0.459 e. The number of hydrogen-bond donors (Lipinski definition) is 1. The van der Waals surface area contributed by atoms with Crippen molar-refractivity contribution in [3.63, 3.8) is 0 Å². The molecule has 0 saturated carbocycles. The maximum atomic E-state index is 16.0. The van der Waals surface area contributed by atoms with E-state index >= 15 is 4.39 Å². The summed E-state index contributed by atoms with van der Waals surface area (Å²) in [4.78, 5) is 50.6. The quantitative estimate of drug-likeness (QED) is 0.726. The van der Waals surface area contributed by atoms with Gasteiger partial charge in [-0.25, -0.2) is 18.5 Å². The Labute approximate surface area is 170 Å². The van der Waals surface area contributed by atoms with Crippen LogP contribution in [0.1, 0.15) is 37.4 Å². The van der Waals surface area contributed by atoms with Crippen LogP contribution in [0.4, 0.5) is 4.39 Å². The summed E-state index contributed by atoms with van der Waals surface area (Å²) in [5, 5.41) is 0. The molecular formula is C20H21FN2O7. The molecule has 1 N–H and O–H groups in total. The smallest absolute Gasteiger partial charge is 0.338 e. The molecular weight excluding hydrogens is 399 g/mol. The summed E-state index contributed by atoms with van der Waals surface area (Å²) < 4.78 is 32.6. The Bertz CT molecular complexity index is 1030. The van der Waals surface area contributed by atoms with Gasteiger partial charge in [-0.1, -0.05) is 18.2 Å². The van der Waals surface area contributed by atoms with Gasteiger partial charge in [0.1, 0.15) is 12.7 Å². The number of benzene rings is 1. The van der Waals surface area contributed by atoms with Crippen molar-refractivity contribution in [2.24, 2.45) is 0 Å². The van der Waals surface area contributed by atoms with Gasteiger partial charge in [0.25, 0.3) is 5.56 Å². The second kappa shape index (κ2) is 7.86. The monoisotopic (exact) mass is 420 g/mol. The first kappa shape index (κ1) is 21.4. The topological polar surface area (TPSA) is 117 Å². The van der Waals surface area contributed by atoms with Crippen molar-refractivity contribution >= 4 is 11.9 Å². The molecule has 10 heteroatoms. The maximum Gasteiger partial charge on any atom is 0.338 e. The number of aromatic nitrogens is 2. The lowest BCUT2D eigenvalue weighted by molar-refractivity contribution is -0.175. The van der Waals surface area contributed by atoms with Gasteiger partial charge in [0.2, 0.25) is 0 Å². The van der Waals surface area contributed by atoms with Crippen molar-refractivity contribution in [1.29, 1.82) is 0 Å². The summed E-state index contributed by atoms with van der Waals surface area (Å²) in [6.07, 6.45) is -1.89. The minimum Gasteiger partial charge on any atom is -0.459 e. The third-order valence-electron chi connectivity index (χ3n) is 5.20. The van der Waals surface area contributed by atoms with Crippen molar-refractivity contribution in [2.75, 3.05) is 6.61 Å². The van der Waals surface area contributed by atoms with Crippen LogP contribution in [-0.4, -0.2) is 45.5 Å². The van der Waals surface area contributed by atoms with Crippen LogP contribution in [0.2, 0.25) is 0 Å². The highest BCUT2D eigenvalue weighted by atomic mass is 19.1. The number of nitrogens with one attached hydrogen (secondary N) is 1. The normalized spacial score (nSPS) is 28.1. The highest BCUT2D eigenvalue weighted by Crippen LogP contribution is 2.49. The van der Waals surface area contributed by atoms with E-state index in [1.165, 1.54) is 19.1 Å². The molecule has 0 aliphatic carbocycles. The van der Waals surface area contributed by atoms with Gasteiger partial charge in [0.05, 0.1) is 5.56 Å². The minimum absolute atomic E-state index is 0.264. The second-order valence-electron chi connectivity index (χ2n) is 7.21. The first-order chi connectivity index (χ1) is 14.1. The Kier molecular flexibility index (Phi) is 5.62. The van der Waals surface area contributed by atoms with Crippen LogP contribution in [0.3, 0.4) is 0 Å². The molecule has 30 heavy (non-hydrogen) atoms. The Morgan fingerprint density at radius 2 is 1.87 bits per heavy atom. The van der Waals surface area contributed by atoms with Crippen molar-refractivity contribution in [3.8, 4) is 0 Å². The third kappa shape index (κ3) is 3.65. The number of H-pyrrole nitrogens is 1. The predicted octanol–water partition coefficient (Wildman–Crippen LogP) is 1.34. The second-order valence-corrected chi connectivity index (χ2v) is 7.21. The molecule has 0 spiro atoms. The van der Waals surface area contributed by atoms with Gasteiger partial charge in [-0.05, 0) is 26.0 Å². The average molecular weight is 420 g/mol. The molecule has 1 fully saturated rings. The number of carbonyl (C=O) groups is 2. The van der Waals surface area contributed by atoms with Crippen molar-refractivity contribution in [1.82, 2.24) is 9.55 Å². The van der Waals surface area contributed by atoms with Crippen LogP contribution in [0.15, 0.2) is 52.2 Å². The molecule has 0 radical (unpaired) electrons. The maximum absolute atomic E-state index is 16.0. The molecule has 3 rings (SSSR count). The van der Waals surface area contributed by atoms with E-state index in [0.717, 1.165) is 26.1 Å². The Morgan fingerprint density at radius 1 is 1.20 bits per heavy atom. The Balaban J connectivity index is 1.95. The van der Waals surface area contributed by atoms with Gasteiger partial charge >= 0.3 is 17.6 Å². The van der Waals surface area contributed by atoms with E-state index in [1.807, 2.05) is 0 Å². The molecule has 9 nitrogen and oxygen atoms in total. The van der Waals surface area contributed by atoms with Gasteiger partial charge < -0.3 is 19.2 Å². The summed E-state index contributed by atoms with van der Waals surface area (Å²) in [5.41, 5.74) is -5.91. The van der Waals surface area contributed by atoms with Crippen LogP contribution < -0.4 is 11.2 Å². The zero-order valence-corrected chi connectivity index (χ0v) is 16.6. The molecule has 160 valence electrons. The summed E-state index contributed by atoms with van der Waals surface area (Å²) in [5.74, 6) is -1.50. The van der Waals surface area contributed by atoms with Gasteiger partial charge in [0, 0.05) is 19.2 Å². The fraction of sp³-hybridized carbons (Fsp3) is 0.400. The molecule has 1 aromatic carbocycles. The van der Waals surface area contributed by atoms with Crippen LogP contribution in [0, 0.1) is 0 Å². The number of esters is 2. The Hall–Kier alpha value is -3.27. The van der Waals surface area contributed by atoms with E-state index in [0.29, 0.717) is 4.57 Å². The van der Waals surface area contributed by atoms with Crippen molar-refractivity contribution in [3.05, 3.63) is 69.0 Å².